The van der Waals surface area contributed by atoms with Crippen molar-refractivity contribution in [1.82, 2.24) is 10.0 Å². The first kappa shape index (κ1) is 21.4. The number of esters is 1. The fraction of sp³-hybridized carbons (Fsp3) is 0.467. The van der Waals surface area contributed by atoms with Crippen molar-refractivity contribution in [3.8, 4) is 0 Å². The Morgan fingerprint density at radius 2 is 2.00 bits per heavy atom. The van der Waals surface area contributed by atoms with Gasteiger partial charge in [-0.25, -0.2) is 17.9 Å². The number of likely N-dealkylation sites (N-methyl/N-ethyl adjacent to an activating group) is 1. The minimum atomic E-state index is -3.83. The van der Waals surface area contributed by atoms with E-state index in [9.17, 15) is 18.0 Å². The van der Waals surface area contributed by atoms with Crippen LogP contribution in [-0.2, 0) is 24.3 Å². The van der Waals surface area contributed by atoms with E-state index in [0.717, 1.165) is 6.07 Å². The molecular weight excluding hydrogens is 372 g/mol. The normalized spacial score (nSPS) is 12.5. The summed E-state index contributed by atoms with van der Waals surface area (Å²) in [5.74, 6) is -1.35. The molecule has 0 heterocycles. The van der Waals surface area contributed by atoms with Crippen molar-refractivity contribution in [3.05, 3.63) is 28.8 Å². The Morgan fingerprint density at radius 3 is 2.60 bits per heavy atom. The van der Waals surface area contributed by atoms with Gasteiger partial charge in [0.05, 0.1) is 22.1 Å². The van der Waals surface area contributed by atoms with Gasteiger partial charge in [-0.05, 0) is 32.0 Å². The van der Waals surface area contributed by atoms with Gasteiger partial charge in [-0.1, -0.05) is 11.6 Å². The molecule has 140 valence electrons. The molecule has 2 N–H and O–H groups in total. The summed E-state index contributed by atoms with van der Waals surface area (Å²) in [6.45, 7) is 3.81. The van der Waals surface area contributed by atoms with E-state index in [-0.39, 0.29) is 28.6 Å². The molecule has 0 unspecified atom stereocenters. The molecular formula is C15H21ClN2O6S. The van der Waals surface area contributed by atoms with Crippen LogP contribution >= 0.6 is 11.6 Å². The highest BCUT2D eigenvalue weighted by molar-refractivity contribution is 7.89. The molecule has 0 aliphatic carbocycles. The van der Waals surface area contributed by atoms with E-state index in [1.165, 1.54) is 26.2 Å². The van der Waals surface area contributed by atoms with Gasteiger partial charge in [0.1, 0.15) is 0 Å². The molecule has 0 aliphatic heterocycles. The smallest absolute Gasteiger partial charge is 0.340 e. The second kappa shape index (κ2) is 9.71. The van der Waals surface area contributed by atoms with Crippen LogP contribution in [0.3, 0.4) is 0 Å². The van der Waals surface area contributed by atoms with Crippen molar-refractivity contribution in [2.75, 3.05) is 26.8 Å². The van der Waals surface area contributed by atoms with Gasteiger partial charge in [0, 0.05) is 20.2 Å². The molecule has 1 amide bonds. The monoisotopic (exact) mass is 392 g/mol. The number of carbonyl (C=O) groups is 2. The average molecular weight is 393 g/mol. The third-order valence-corrected chi connectivity index (χ3v) is 4.86. The van der Waals surface area contributed by atoms with Crippen molar-refractivity contribution in [3.63, 3.8) is 0 Å². The number of hydrogen-bond donors (Lipinski definition) is 2. The lowest BCUT2D eigenvalue weighted by Crippen LogP contribution is -2.35. The van der Waals surface area contributed by atoms with Gasteiger partial charge in [0.25, 0.3) is 5.91 Å². The highest BCUT2D eigenvalue weighted by Crippen LogP contribution is 2.22. The van der Waals surface area contributed by atoms with Crippen LogP contribution in [0.5, 0.6) is 0 Å². The molecule has 0 saturated carbocycles. The molecule has 0 radical (unpaired) electrons. The van der Waals surface area contributed by atoms with Crippen LogP contribution < -0.4 is 10.0 Å². The predicted octanol–water partition coefficient (Wildman–Crippen LogP) is 0.946. The topological polar surface area (TPSA) is 111 Å². The Balaban J connectivity index is 2.97. The minimum absolute atomic E-state index is 0.0175. The van der Waals surface area contributed by atoms with E-state index in [2.05, 4.69) is 10.0 Å². The SMILES string of the molecule is CCNC(=O)[C@@H](C)OC(=O)c1cc(S(=O)(=O)NCCOC)ccc1Cl. The minimum Gasteiger partial charge on any atom is -0.449 e. The van der Waals surface area contributed by atoms with Crippen LogP contribution in [-0.4, -0.2) is 53.2 Å². The summed E-state index contributed by atoms with van der Waals surface area (Å²) >= 11 is 5.96. The molecule has 1 rings (SSSR count). The Bertz CT molecular complexity index is 723. The second-order valence-corrected chi connectivity index (χ2v) is 7.15. The maximum Gasteiger partial charge on any atom is 0.340 e. The molecule has 10 heteroatoms. The number of amides is 1. The van der Waals surface area contributed by atoms with Crippen LogP contribution in [0.2, 0.25) is 5.02 Å². The number of sulfonamides is 1. The predicted molar refractivity (Wildman–Crippen MR) is 92.1 cm³/mol. The largest absolute Gasteiger partial charge is 0.449 e. The first-order valence-electron chi connectivity index (χ1n) is 7.49. The quantitative estimate of drug-likeness (QED) is 0.478. The highest BCUT2D eigenvalue weighted by Gasteiger charge is 2.23. The van der Waals surface area contributed by atoms with E-state index in [4.69, 9.17) is 21.1 Å². The Morgan fingerprint density at radius 1 is 1.32 bits per heavy atom. The lowest BCUT2D eigenvalue weighted by molar-refractivity contribution is -0.128. The Kier molecular flexibility index (Phi) is 8.30. The van der Waals surface area contributed by atoms with Crippen LogP contribution in [0.15, 0.2) is 23.1 Å². The van der Waals surface area contributed by atoms with Crippen LogP contribution in [0.1, 0.15) is 24.2 Å². The van der Waals surface area contributed by atoms with Gasteiger partial charge >= 0.3 is 5.97 Å². The summed E-state index contributed by atoms with van der Waals surface area (Å²) < 4.78 is 36.5. The molecule has 0 spiro atoms. The summed E-state index contributed by atoms with van der Waals surface area (Å²) in [7, 11) is -2.39. The van der Waals surface area contributed by atoms with E-state index in [1.54, 1.807) is 6.92 Å². The van der Waals surface area contributed by atoms with E-state index in [1.807, 2.05) is 0 Å². The molecule has 1 atom stereocenters. The molecule has 1 aromatic rings. The molecule has 0 aromatic heterocycles. The number of methoxy groups -OCH3 is 1. The maximum atomic E-state index is 12.2. The molecule has 1 aromatic carbocycles. The highest BCUT2D eigenvalue weighted by atomic mass is 35.5. The maximum absolute atomic E-state index is 12.2. The third-order valence-electron chi connectivity index (χ3n) is 3.07. The zero-order valence-electron chi connectivity index (χ0n) is 14.2. The van der Waals surface area contributed by atoms with Gasteiger partial charge < -0.3 is 14.8 Å². The summed E-state index contributed by atoms with van der Waals surface area (Å²) in [5.41, 5.74) is -0.146. The molecule has 0 fully saturated rings. The van der Waals surface area contributed by atoms with Crippen LogP contribution in [0.4, 0.5) is 0 Å². The number of halogens is 1. The number of carbonyl (C=O) groups excluding carboxylic acids is 2. The Labute approximate surface area is 151 Å². The first-order valence-corrected chi connectivity index (χ1v) is 9.35. The summed E-state index contributed by atoms with van der Waals surface area (Å²) in [4.78, 5) is 23.7. The molecule has 0 aliphatic rings. The molecule has 25 heavy (non-hydrogen) atoms. The average Bonchev–Trinajstić information content (AvgIpc) is 2.55. The van der Waals surface area contributed by atoms with Gasteiger partial charge in [-0.15, -0.1) is 0 Å². The fourth-order valence-electron chi connectivity index (χ4n) is 1.78. The van der Waals surface area contributed by atoms with Crippen molar-refractivity contribution < 1.29 is 27.5 Å². The van der Waals surface area contributed by atoms with Crippen molar-refractivity contribution in [2.45, 2.75) is 24.8 Å². The van der Waals surface area contributed by atoms with Gasteiger partial charge in [-0.3, -0.25) is 4.79 Å². The summed E-state index contributed by atoms with van der Waals surface area (Å²) in [5, 5.41) is 2.53. The number of ether oxygens (including phenoxy) is 2. The second-order valence-electron chi connectivity index (χ2n) is 4.97. The molecule has 0 saturated heterocycles. The summed E-state index contributed by atoms with van der Waals surface area (Å²) in [6, 6.07) is 3.64. The van der Waals surface area contributed by atoms with E-state index >= 15 is 0 Å². The summed E-state index contributed by atoms with van der Waals surface area (Å²) in [6.07, 6.45) is -1.04. The zero-order chi connectivity index (χ0) is 19.0. The lowest BCUT2D eigenvalue weighted by atomic mass is 10.2. The van der Waals surface area contributed by atoms with E-state index in [0.29, 0.717) is 6.54 Å². The van der Waals surface area contributed by atoms with Crippen molar-refractivity contribution in [2.24, 2.45) is 0 Å². The third kappa shape index (κ3) is 6.28. The van der Waals surface area contributed by atoms with Gasteiger partial charge in [0.2, 0.25) is 10.0 Å². The zero-order valence-corrected chi connectivity index (χ0v) is 15.7. The number of benzene rings is 1. The lowest BCUT2D eigenvalue weighted by Gasteiger charge is -2.14. The van der Waals surface area contributed by atoms with Crippen LogP contribution in [0, 0.1) is 0 Å². The number of hydrogen-bond acceptors (Lipinski definition) is 6. The number of rotatable bonds is 9. The van der Waals surface area contributed by atoms with Crippen LogP contribution in [0.25, 0.3) is 0 Å². The van der Waals surface area contributed by atoms with Gasteiger partial charge in [0.15, 0.2) is 6.10 Å². The number of nitrogens with one attached hydrogen (secondary N) is 2. The fourth-order valence-corrected chi connectivity index (χ4v) is 3.02. The first-order chi connectivity index (χ1) is 11.7. The van der Waals surface area contributed by atoms with E-state index < -0.39 is 28.0 Å². The van der Waals surface area contributed by atoms with Gasteiger partial charge in [-0.2, -0.15) is 0 Å². The van der Waals surface area contributed by atoms with Crippen molar-refractivity contribution >= 4 is 33.5 Å². The Hall–Kier alpha value is -1.68. The van der Waals surface area contributed by atoms with Crippen molar-refractivity contribution in [1.29, 1.82) is 0 Å². The standard InChI is InChI=1S/C15H21ClN2O6S/c1-4-17-14(19)10(2)24-15(20)12-9-11(5-6-13(12)16)25(21,22)18-7-8-23-3/h5-6,9-10,18H,4,7-8H2,1-3H3,(H,17,19)/t10-/m1/s1. The molecule has 8 nitrogen and oxygen atoms in total. The molecule has 0 bridgehead atoms.